The maximum atomic E-state index is 12.3. The van der Waals surface area contributed by atoms with Gasteiger partial charge in [0, 0.05) is 50.5 Å². The first-order valence-corrected chi connectivity index (χ1v) is 7.63. The SMILES string of the molecule is CC(=O)Nc1cccc(NC(=O)N2CCN(C(C)C)CC2)c1. The Labute approximate surface area is 131 Å². The fourth-order valence-corrected chi connectivity index (χ4v) is 2.52. The van der Waals surface area contributed by atoms with Crippen LogP contribution in [0.25, 0.3) is 0 Å². The minimum Gasteiger partial charge on any atom is -0.326 e. The number of nitrogens with one attached hydrogen (secondary N) is 2. The van der Waals surface area contributed by atoms with E-state index < -0.39 is 0 Å². The van der Waals surface area contributed by atoms with Gasteiger partial charge in [0.05, 0.1) is 0 Å². The number of carbonyl (C=O) groups is 2. The second-order valence-corrected chi connectivity index (χ2v) is 5.81. The van der Waals surface area contributed by atoms with Gasteiger partial charge in [0.15, 0.2) is 0 Å². The van der Waals surface area contributed by atoms with Gasteiger partial charge in [-0.3, -0.25) is 9.69 Å². The first-order valence-electron chi connectivity index (χ1n) is 7.63. The van der Waals surface area contributed by atoms with Crippen molar-refractivity contribution in [3.8, 4) is 0 Å². The van der Waals surface area contributed by atoms with Gasteiger partial charge < -0.3 is 15.5 Å². The van der Waals surface area contributed by atoms with Crippen molar-refractivity contribution >= 4 is 23.3 Å². The van der Waals surface area contributed by atoms with E-state index in [0.717, 1.165) is 26.2 Å². The van der Waals surface area contributed by atoms with Crippen LogP contribution in [0.3, 0.4) is 0 Å². The molecule has 6 heteroatoms. The summed E-state index contributed by atoms with van der Waals surface area (Å²) < 4.78 is 0. The van der Waals surface area contributed by atoms with Crippen molar-refractivity contribution in [2.45, 2.75) is 26.8 Å². The number of benzene rings is 1. The summed E-state index contributed by atoms with van der Waals surface area (Å²) in [5, 5.41) is 5.59. The average molecular weight is 304 g/mol. The Bertz CT molecular complexity index is 537. The van der Waals surface area contributed by atoms with Gasteiger partial charge in [-0.15, -0.1) is 0 Å². The van der Waals surface area contributed by atoms with E-state index in [4.69, 9.17) is 0 Å². The van der Waals surface area contributed by atoms with Gasteiger partial charge in [-0.25, -0.2) is 4.79 Å². The summed E-state index contributed by atoms with van der Waals surface area (Å²) in [6.07, 6.45) is 0. The fraction of sp³-hybridized carbons (Fsp3) is 0.500. The lowest BCUT2D eigenvalue weighted by atomic mass is 10.2. The Morgan fingerprint density at radius 3 is 2.18 bits per heavy atom. The number of urea groups is 1. The van der Waals surface area contributed by atoms with Crippen molar-refractivity contribution in [1.29, 1.82) is 0 Å². The highest BCUT2D eigenvalue weighted by molar-refractivity contribution is 5.92. The first-order chi connectivity index (χ1) is 10.5. The number of anilines is 2. The first kappa shape index (κ1) is 16.3. The topological polar surface area (TPSA) is 64.7 Å². The molecule has 1 aliphatic rings. The monoisotopic (exact) mass is 304 g/mol. The lowest BCUT2D eigenvalue weighted by Gasteiger charge is -2.36. The molecule has 1 fully saturated rings. The molecule has 3 amide bonds. The number of rotatable bonds is 3. The van der Waals surface area contributed by atoms with E-state index in [0.29, 0.717) is 17.4 Å². The van der Waals surface area contributed by atoms with Crippen molar-refractivity contribution in [3.63, 3.8) is 0 Å². The molecule has 0 aliphatic carbocycles. The molecule has 22 heavy (non-hydrogen) atoms. The predicted molar refractivity (Wildman–Crippen MR) is 88.0 cm³/mol. The standard InChI is InChI=1S/C16H24N4O2/c1-12(2)19-7-9-20(10-8-19)16(22)18-15-6-4-5-14(11-15)17-13(3)21/h4-6,11-12H,7-10H2,1-3H3,(H,17,21)(H,18,22). The van der Waals surface area contributed by atoms with Crippen LogP contribution in [0.4, 0.5) is 16.2 Å². The molecule has 1 heterocycles. The van der Waals surface area contributed by atoms with Crippen LogP contribution in [0.5, 0.6) is 0 Å². The van der Waals surface area contributed by atoms with Crippen LogP contribution in [0.2, 0.25) is 0 Å². The summed E-state index contributed by atoms with van der Waals surface area (Å²) in [6, 6.07) is 7.58. The molecule has 0 spiro atoms. The molecule has 120 valence electrons. The van der Waals surface area contributed by atoms with Crippen molar-refractivity contribution in [2.24, 2.45) is 0 Å². The molecular formula is C16H24N4O2. The van der Waals surface area contributed by atoms with Gasteiger partial charge in [0.1, 0.15) is 0 Å². The molecule has 0 bridgehead atoms. The molecule has 0 unspecified atom stereocenters. The van der Waals surface area contributed by atoms with E-state index in [-0.39, 0.29) is 11.9 Å². The highest BCUT2D eigenvalue weighted by Crippen LogP contribution is 2.16. The van der Waals surface area contributed by atoms with Crippen molar-refractivity contribution in [2.75, 3.05) is 36.8 Å². The molecular weight excluding hydrogens is 280 g/mol. The Kier molecular flexibility index (Phi) is 5.38. The molecule has 1 saturated heterocycles. The van der Waals surface area contributed by atoms with Crippen molar-refractivity contribution in [1.82, 2.24) is 9.80 Å². The van der Waals surface area contributed by atoms with Gasteiger partial charge in [-0.05, 0) is 32.0 Å². The van der Waals surface area contributed by atoms with E-state index in [2.05, 4.69) is 29.4 Å². The van der Waals surface area contributed by atoms with E-state index in [1.165, 1.54) is 6.92 Å². The van der Waals surface area contributed by atoms with Gasteiger partial charge in [0.25, 0.3) is 0 Å². The molecule has 1 aromatic rings. The van der Waals surface area contributed by atoms with Crippen LogP contribution in [0, 0.1) is 0 Å². The summed E-state index contributed by atoms with van der Waals surface area (Å²) in [7, 11) is 0. The zero-order valence-corrected chi connectivity index (χ0v) is 13.4. The normalized spacial score (nSPS) is 15.7. The molecule has 2 rings (SSSR count). The van der Waals surface area contributed by atoms with Crippen molar-refractivity contribution in [3.05, 3.63) is 24.3 Å². The quantitative estimate of drug-likeness (QED) is 0.900. The lowest BCUT2D eigenvalue weighted by Crippen LogP contribution is -2.51. The fourth-order valence-electron chi connectivity index (χ4n) is 2.52. The molecule has 0 atom stereocenters. The van der Waals surface area contributed by atoms with Crippen LogP contribution in [0.15, 0.2) is 24.3 Å². The van der Waals surface area contributed by atoms with Crippen LogP contribution in [-0.2, 0) is 4.79 Å². The number of piperazine rings is 1. The van der Waals surface area contributed by atoms with E-state index in [9.17, 15) is 9.59 Å². The summed E-state index contributed by atoms with van der Waals surface area (Å²) in [5.74, 6) is -0.131. The lowest BCUT2D eigenvalue weighted by molar-refractivity contribution is -0.114. The minimum absolute atomic E-state index is 0.0941. The molecule has 2 N–H and O–H groups in total. The summed E-state index contributed by atoms with van der Waals surface area (Å²) >= 11 is 0. The Morgan fingerprint density at radius 2 is 1.64 bits per heavy atom. The molecule has 0 saturated carbocycles. The number of hydrogen-bond acceptors (Lipinski definition) is 3. The third kappa shape index (κ3) is 4.46. The maximum Gasteiger partial charge on any atom is 0.321 e. The zero-order valence-electron chi connectivity index (χ0n) is 13.4. The molecule has 0 aromatic heterocycles. The van der Waals surface area contributed by atoms with Crippen molar-refractivity contribution < 1.29 is 9.59 Å². The van der Waals surface area contributed by atoms with Crippen LogP contribution >= 0.6 is 0 Å². The Balaban J connectivity index is 1.91. The van der Waals surface area contributed by atoms with Crippen LogP contribution in [0.1, 0.15) is 20.8 Å². The molecule has 6 nitrogen and oxygen atoms in total. The van der Waals surface area contributed by atoms with Gasteiger partial charge in [-0.2, -0.15) is 0 Å². The summed E-state index contributed by atoms with van der Waals surface area (Å²) in [4.78, 5) is 27.5. The predicted octanol–water partition coefficient (Wildman–Crippen LogP) is 2.20. The van der Waals surface area contributed by atoms with Gasteiger partial charge in [-0.1, -0.05) is 6.07 Å². The van der Waals surface area contributed by atoms with E-state index in [1.54, 1.807) is 18.2 Å². The smallest absolute Gasteiger partial charge is 0.321 e. The number of hydrogen-bond donors (Lipinski definition) is 2. The second-order valence-electron chi connectivity index (χ2n) is 5.81. The number of carbonyl (C=O) groups excluding carboxylic acids is 2. The highest BCUT2D eigenvalue weighted by atomic mass is 16.2. The summed E-state index contributed by atoms with van der Waals surface area (Å²) in [5.41, 5.74) is 1.36. The van der Waals surface area contributed by atoms with Crippen LogP contribution < -0.4 is 10.6 Å². The molecule has 1 aliphatic heterocycles. The van der Waals surface area contributed by atoms with Gasteiger partial charge >= 0.3 is 6.03 Å². The Hall–Kier alpha value is -2.08. The molecule has 1 aromatic carbocycles. The van der Waals surface area contributed by atoms with Crippen LogP contribution in [-0.4, -0.2) is 54.0 Å². The second kappa shape index (κ2) is 7.26. The highest BCUT2D eigenvalue weighted by Gasteiger charge is 2.22. The third-order valence-corrected chi connectivity index (χ3v) is 3.77. The Morgan fingerprint density at radius 1 is 1.05 bits per heavy atom. The summed E-state index contributed by atoms with van der Waals surface area (Å²) in [6.45, 7) is 9.06. The largest absolute Gasteiger partial charge is 0.326 e. The molecule has 0 radical (unpaired) electrons. The average Bonchev–Trinajstić information content (AvgIpc) is 2.47. The van der Waals surface area contributed by atoms with E-state index in [1.807, 2.05) is 11.0 Å². The van der Waals surface area contributed by atoms with E-state index >= 15 is 0 Å². The third-order valence-electron chi connectivity index (χ3n) is 3.77. The van der Waals surface area contributed by atoms with Gasteiger partial charge in [0.2, 0.25) is 5.91 Å². The number of nitrogens with zero attached hydrogens (tertiary/aromatic N) is 2. The maximum absolute atomic E-state index is 12.3. The zero-order chi connectivity index (χ0) is 16.1. The number of amides is 3. The minimum atomic E-state index is -0.131.